The molecule has 24 heavy (non-hydrogen) atoms. The second kappa shape index (κ2) is 6.07. The highest BCUT2D eigenvalue weighted by atomic mass is 16.2. The van der Waals surface area contributed by atoms with Crippen molar-refractivity contribution in [1.29, 1.82) is 0 Å². The van der Waals surface area contributed by atoms with Crippen molar-refractivity contribution in [2.75, 3.05) is 13.1 Å². The molecule has 1 amide bonds. The van der Waals surface area contributed by atoms with E-state index in [9.17, 15) is 4.79 Å². The number of amides is 1. The highest BCUT2D eigenvalue weighted by Crippen LogP contribution is 2.29. The van der Waals surface area contributed by atoms with E-state index in [0.29, 0.717) is 6.04 Å². The molecule has 0 bridgehead atoms. The number of likely N-dealkylation sites (tertiary alicyclic amines) is 1. The molecule has 0 radical (unpaired) electrons. The van der Waals surface area contributed by atoms with E-state index in [1.165, 1.54) is 0 Å². The van der Waals surface area contributed by atoms with E-state index >= 15 is 0 Å². The van der Waals surface area contributed by atoms with Gasteiger partial charge in [-0.15, -0.1) is 0 Å². The van der Waals surface area contributed by atoms with Crippen molar-refractivity contribution >= 4 is 16.9 Å². The molecule has 1 aliphatic heterocycles. The number of hydrogen-bond donors (Lipinski definition) is 0. The van der Waals surface area contributed by atoms with Gasteiger partial charge in [-0.3, -0.25) is 9.78 Å². The van der Waals surface area contributed by atoms with Crippen LogP contribution in [0.25, 0.3) is 22.2 Å². The predicted molar refractivity (Wildman–Crippen MR) is 93.5 cm³/mol. The van der Waals surface area contributed by atoms with Crippen LogP contribution >= 0.6 is 0 Å². The molecular formula is C19H20N4O. The van der Waals surface area contributed by atoms with E-state index in [0.717, 1.165) is 48.1 Å². The Morgan fingerprint density at radius 1 is 1.17 bits per heavy atom. The minimum atomic E-state index is 0.154. The second-order valence-corrected chi connectivity index (χ2v) is 6.35. The van der Waals surface area contributed by atoms with Crippen molar-refractivity contribution in [2.24, 2.45) is 0 Å². The monoisotopic (exact) mass is 320 g/mol. The van der Waals surface area contributed by atoms with Crippen LogP contribution in [0.5, 0.6) is 0 Å². The van der Waals surface area contributed by atoms with Crippen molar-refractivity contribution in [1.82, 2.24) is 19.4 Å². The SMILES string of the molecule is CC(=O)N1CCCC(n2cnc3ccc(-c4ccncc4)cc32)C1. The molecule has 122 valence electrons. The number of rotatable bonds is 2. The Balaban J connectivity index is 1.72. The third-order valence-electron chi connectivity index (χ3n) is 4.82. The molecule has 1 saturated heterocycles. The average Bonchev–Trinajstić information content (AvgIpc) is 3.05. The Morgan fingerprint density at radius 3 is 2.79 bits per heavy atom. The van der Waals surface area contributed by atoms with Crippen LogP contribution in [0.2, 0.25) is 0 Å². The molecule has 2 aromatic heterocycles. The van der Waals surface area contributed by atoms with Crippen LogP contribution in [0.15, 0.2) is 49.1 Å². The molecule has 0 saturated carbocycles. The van der Waals surface area contributed by atoms with Crippen LogP contribution in [0.1, 0.15) is 25.8 Å². The fourth-order valence-electron chi connectivity index (χ4n) is 3.51. The Kier molecular flexibility index (Phi) is 3.76. The quantitative estimate of drug-likeness (QED) is 0.728. The summed E-state index contributed by atoms with van der Waals surface area (Å²) in [4.78, 5) is 22.3. The van der Waals surface area contributed by atoms with Gasteiger partial charge in [0, 0.05) is 32.4 Å². The number of carbonyl (C=O) groups is 1. The van der Waals surface area contributed by atoms with Gasteiger partial charge in [-0.1, -0.05) is 6.07 Å². The first kappa shape index (κ1) is 14.9. The van der Waals surface area contributed by atoms with Crippen LogP contribution in [0.3, 0.4) is 0 Å². The van der Waals surface area contributed by atoms with Gasteiger partial charge in [-0.2, -0.15) is 0 Å². The molecular weight excluding hydrogens is 300 g/mol. The smallest absolute Gasteiger partial charge is 0.219 e. The van der Waals surface area contributed by atoms with E-state index in [1.807, 2.05) is 35.8 Å². The van der Waals surface area contributed by atoms with Gasteiger partial charge in [0.15, 0.2) is 0 Å². The average molecular weight is 320 g/mol. The summed E-state index contributed by atoms with van der Waals surface area (Å²) in [6.07, 6.45) is 7.64. The Labute approximate surface area is 140 Å². The van der Waals surface area contributed by atoms with E-state index in [1.54, 1.807) is 6.92 Å². The Bertz CT molecular complexity index is 871. The summed E-state index contributed by atoms with van der Waals surface area (Å²) >= 11 is 0. The number of benzene rings is 1. The lowest BCUT2D eigenvalue weighted by molar-refractivity contribution is -0.130. The standard InChI is InChI=1S/C19H20N4O/c1-14(24)22-10-2-3-17(12-22)23-13-21-18-5-4-16(11-19(18)23)15-6-8-20-9-7-15/h4-9,11,13,17H,2-3,10,12H2,1H3. The van der Waals surface area contributed by atoms with E-state index in [2.05, 4.69) is 32.7 Å². The minimum absolute atomic E-state index is 0.154. The molecule has 1 aliphatic rings. The van der Waals surface area contributed by atoms with Crippen LogP contribution in [0, 0.1) is 0 Å². The summed E-state index contributed by atoms with van der Waals surface area (Å²) in [6, 6.07) is 10.7. The molecule has 4 rings (SSSR count). The molecule has 1 aromatic carbocycles. The summed E-state index contributed by atoms with van der Waals surface area (Å²) in [6.45, 7) is 3.27. The number of fused-ring (bicyclic) bond motifs is 1. The Hall–Kier alpha value is -2.69. The maximum atomic E-state index is 11.7. The number of pyridine rings is 1. The number of imidazole rings is 1. The number of nitrogens with zero attached hydrogens (tertiary/aromatic N) is 4. The first-order valence-electron chi connectivity index (χ1n) is 8.35. The van der Waals surface area contributed by atoms with Crippen molar-refractivity contribution in [2.45, 2.75) is 25.8 Å². The fourth-order valence-corrected chi connectivity index (χ4v) is 3.51. The molecule has 0 N–H and O–H groups in total. The molecule has 0 spiro atoms. The lowest BCUT2D eigenvalue weighted by Gasteiger charge is -2.33. The molecule has 5 nitrogen and oxygen atoms in total. The van der Waals surface area contributed by atoms with Gasteiger partial charge in [0.2, 0.25) is 5.91 Å². The number of carbonyl (C=O) groups excluding carboxylic acids is 1. The Morgan fingerprint density at radius 2 is 2.00 bits per heavy atom. The number of aromatic nitrogens is 3. The van der Waals surface area contributed by atoms with Gasteiger partial charge in [-0.05, 0) is 48.2 Å². The van der Waals surface area contributed by atoms with Gasteiger partial charge in [0.05, 0.1) is 23.4 Å². The first-order chi connectivity index (χ1) is 11.7. The summed E-state index contributed by atoms with van der Waals surface area (Å²) in [5.74, 6) is 0.154. The van der Waals surface area contributed by atoms with Crippen LogP contribution in [-0.2, 0) is 4.79 Å². The fraction of sp³-hybridized carbons (Fsp3) is 0.316. The highest BCUT2D eigenvalue weighted by molar-refractivity contribution is 5.82. The molecule has 1 atom stereocenters. The summed E-state index contributed by atoms with van der Waals surface area (Å²) < 4.78 is 2.23. The molecule has 0 aliphatic carbocycles. The lowest BCUT2D eigenvalue weighted by Crippen LogP contribution is -2.39. The maximum Gasteiger partial charge on any atom is 0.219 e. The van der Waals surface area contributed by atoms with Gasteiger partial charge in [0.25, 0.3) is 0 Å². The zero-order valence-electron chi connectivity index (χ0n) is 13.7. The van der Waals surface area contributed by atoms with Crippen molar-refractivity contribution in [3.8, 4) is 11.1 Å². The van der Waals surface area contributed by atoms with Crippen molar-refractivity contribution in [3.63, 3.8) is 0 Å². The number of hydrogen-bond acceptors (Lipinski definition) is 3. The second-order valence-electron chi connectivity index (χ2n) is 6.35. The molecule has 3 heterocycles. The third kappa shape index (κ3) is 2.66. The highest BCUT2D eigenvalue weighted by Gasteiger charge is 2.23. The first-order valence-corrected chi connectivity index (χ1v) is 8.35. The van der Waals surface area contributed by atoms with Gasteiger partial charge >= 0.3 is 0 Å². The lowest BCUT2D eigenvalue weighted by atomic mass is 10.0. The van der Waals surface area contributed by atoms with Crippen molar-refractivity contribution in [3.05, 3.63) is 49.1 Å². The molecule has 3 aromatic rings. The minimum Gasteiger partial charge on any atom is -0.341 e. The molecule has 1 unspecified atom stereocenters. The summed E-state index contributed by atoms with van der Waals surface area (Å²) in [5, 5.41) is 0. The van der Waals surface area contributed by atoms with Crippen molar-refractivity contribution < 1.29 is 4.79 Å². The third-order valence-corrected chi connectivity index (χ3v) is 4.82. The normalized spacial score (nSPS) is 18.0. The van der Waals surface area contributed by atoms with E-state index in [-0.39, 0.29) is 5.91 Å². The van der Waals surface area contributed by atoms with E-state index < -0.39 is 0 Å². The number of piperidine rings is 1. The molecule has 5 heteroatoms. The largest absolute Gasteiger partial charge is 0.341 e. The summed E-state index contributed by atoms with van der Waals surface area (Å²) in [7, 11) is 0. The zero-order chi connectivity index (χ0) is 16.5. The van der Waals surface area contributed by atoms with Gasteiger partial charge in [0.1, 0.15) is 0 Å². The predicted octanol–water partition coefficient (Wildman–Crippen LogP) is 3.28. The molecule has 1 fully saturated rings. The van der Waals surface area contributed by atoms with Gasteiger partial charge < -0.3 is 9.47 Å². The summed E-state index contributed by atoms with van der Waals surface area (Å²) in [5.41, 5.74) is 4.42. The van der Waals surface area contributed by atoms with E-state index in [4.69, 9.17) is 0 Å². The topological polar surface area (TPSA) is 51.0 Å². The zero-order valence-corrected chi connectivity index (χ0v) is 13.7. The van der Waals surface area contributed by atoms with Crippen LogP contribution in [0.4, 0.5) is 0 Å². The van der Waals surface area contributed by atoms with Gasteiger partial charge in [-0.25, -0.2) is 4.98 Å². The van der Waals surface area contributed by atoms with Crippen LogP contribution < -0.4 is 0 Å². The van der Waals surface area contributed by atoms with Crippen LogP contribution in [-0.4, -0.2) is 38.4 Å². The maximum absolute atomic E-state index is 11.7.